The Bertz CT molecular complexity index is 1310. The Morgan fingerprint density at radius 2 is 1.87 bits per heavy atom. The van der Waals surface area contributed by atoms with E-state index < -0.39 is 5.92 Å². The second-order valence-corrected chi connectivity index (χ2v) is 9.42. The van der Waals surface area contributed by atoms with E-state index in [2.05, 4.69) is 23.7 Å². The van der Waals surface area contributed by atoms with Crippen molar-refractivity contribution in [3.8, 4) is 11.3 Å². The molecular weight excluding hydrogens is 487 g/mol. The SMILES string of the molecule is C=C(C=NC)/C(=C\CCC(C)Cc1cc(-c2ccc(C(C)(F)F)cc2)no1)N=C(CC)c1ccccc1F. The summed E-state index contributed by atoms with van der Waals surface area (Å²) in [6.07, 6.45) is 6.50. The Kier molecular flexibility index (Phi) is 9.99. The first-order chi connectivity index (χ1) is 18.1. The number of aliphatic imine (C=N–C) groups is 2. The van der Waals surface area contributed by atoms with Crippen LogP contribution < -0.4 is 0 Å². The molecule has 0 N–H and O–H groups in total. The number of hydrogen-bond acceptors (Lipinski definition) is 4. The van der Waals surface area contributed by atoms with Crippen LogP contribution in [0.25, 0.3) is 11.3 Å². The molecule has 3 rings (SSSR count). The second kappa shape index (κ2) is 13.2. The zero-order valence-corrected chi connectivity index (χ0v) is 22.3. The van der Waals surface area contributed by atoms with Gasteiger partial charge in [0.25, 0.3) is 5.92 Å². The molecule has 0 aliphatic rings. The highest BCUT2D eigenvalue weighted by Crippen LogP contribution is 2.29. The molecule has 2 aromatic carbocycles. The van der Waals surface area contributed by atoms with Gasteiger partial charge in [-0.25, -0.2) is 13.2 Å². The minimum Gasteiger partial charge on any atom is -0.361 e. The maximum atomic E-state index is 14.4. The number of alkyl halides is 2. The fourth-order valence-electron chi connectivity index (χ4n) is 4.07. The number of halogens is 3. The predicted molar refractivity (Wildman–Crippen MR) is 148 cm³/mol. The summed E-state index contributed by atoms with van der Waals surface area (Å²) in [6, 6.07) is 14.5. The Morgan fingerprint density at radius 3 is 2.50 bits per heavy atom. The molecule has 1 unspecified atom stereocenters. The number of rotatable bonds is 12. The van der Waals surface area contributed by atoms with Crippen LogP contribution in [0.4, 0.5) is 13.2 Å². The van der Waals surface area contributed by atoms with Gasteiger partial charge in [-0.15, -0.1) is 0 Å². The summed E-state index contributed by atoms with van der Waals surface area (Å²) >= 11 is 0. The van der Waals surface area contributed by atoms with Crippen LogP contribution in [0.1, 0.15) is 56.9 Å². The van der Waals surface area contributed by atoms with Crippen LogP contribution in [0.5, 0.6) is 0 Å². The smallest absolute Gasteiger partial charge is 0.270 e. The first-order valence-electron chi connectivity index (χ1n) is 12.7. The van der Waals surface area contributed by atoms with Crippen LogP contribution >= 0.6 is 0 Å². The van der Waals surface area contributed by atoms with Crippen LogP contribution in [0.15, 0.2) is 93.0 Å². The highest BCUT2D eigenvalue weighted by Gasteiger charge is 2.24. The van der Waals surface area contributed by atoms with Gasteiger partial charge in [0.05, 0.1) is 11.4 Å². The quantitative estimate of drug-likeness (QED) is 0.177. The van der Waals surface area contributed by atoms with Crippen LogP contribution in [-0.4, -0.2) is 24.1 Å². The molecule has 200 valence electrons. The third-order valence-electron chi connectivity index (χ3n) is 6.18. The molecule has 1 aromatic heterocycles. The number of benzene rings is 2. The molecule has 4 nitrogen and oxygen atoms in total. The van der Waals surface area contributed by atoms with Crippen LogP contribution in [0.3, 0.4) is 0 Å². The summed E-state index contributed by atoms with van der Waals surface area (Å²) in [7, 11) is 1.67. The molecule has 3 aromatic rings. The average Bonchev–Trinajstić information content (AvgIpc) is 3.34. The molecule has 7 heteroatoms. The predicted octanol–water partition coefficient (Wildman–Crippen LogP) is 8.59. The van der Waals surface area contributed by atoms with Crippen LogP contribution in [-0.2, 0) is 12.3 Å². The fraction of sp³-hybridized carbons (Fsp3) is 0.323. The molecule has 0 aliphatic heterocycles. The average molecular weight is 522 g/mol. The van der Waals surface area contributed by atoms with Crippen LogP contribution in [0, 0.1) is 11.7 Å². The van der Waals surface area contributed by atoms with Gasteiger partial charge in [-0.05, 0) is 31.2 Å². The van der Waals surface area contributed by atoms with Crippen molar-refractivity contribution in [2.75, 3.05) is 7.05 Å². The van der Waals surface area contributed by atoms with E-state index in [0.717, 1.165) is 31.1 Å². The summed E-state index contributed by atoms with van der Waals surface area (Å²) < 4.78 is 46.8. The van der Waals surface area contributed by atoms with Gasteiger partial charge in [-0.1, -0.05) is 74.1 Å². The van der Waals surface area contributed by atoms with Crippen molar-refractivity contribution in [2.45, 2.75) is 52.4 Å². The highest BCUT2D eigenvalue weighted by atomic mass is 19.3. The van der Waals surface area contributed by atoms with Gasteiger partial charge in [0.15, 0.2) is 0 Å². The van der Waals surface area contributed by atoms with E-state index in [1.807, 2.05) is 19.1 Å². The maximum absolute atomic E-state index is 14.4. The van der Waals surface area contributed by atoms with E-state index in [1.165, 1.54) is 18.2 Å². The third-order valence-corrected chi connectivity index (χ3v) is 6.18. The zero-order valence-electron chi connectivity index (χ0n) is 22.3. The molecule has 0 saturated heterocycles. The molecule has 1 heterocycles. The van der Waals surface area contributed by atoms with Gasteiger partial charge in [-0.2, -0.15) is 0 Å². The highest BCUT2D eigenvalue weighted by molar-refractivity contribution is 6.02. The molecule has 0 spiro atoms. The molecule has 1 atom stereocenters. The van der Waals surface area contributed by atoms with Gasteiger partial charge < -0.3 is 4.52 Å². The molecule has 0 radical (unpaired) electrons. The van der Waals surface area contributed by atoms with Crippen LogP contribution in [0.2, 0.25) is 0 Å². The normalized spacial score (nSPS) is 13.8. The number of allylic oxidation sites excluding steroid dienone is 2. The van der Waals surface area contributed by atoms with Gasteiger partial charge >= 0.3 is 0 Å². The molecule has 0 amide bonds. The van der Waals surface area contributed by atoms with Gasteiger partial charge in [-0.3, -0.25) is 9.98 Å². The number of nitrogens with zero attached hydrogens (tertiary/aromatic N) is 3. The Hall–Kier alpha value is -3.74. The Labute approximate surface area is 222 Å². The first kappa shape index (κ1) is 28.8. The number of hydrogen-bond donors (Lipinski definition) is 0. The number of aromatic nitrogens is 1. The zero-order chi connectivity index (χ0) is 27.7. The molecule has 38 heavy (non-hydrogen) atoms. The summed E-state index contributed by atoms with van der Waals surface area (Å²) in [4.78, 5) is 8.81. The minimum absolute atomic E-state index is 0.0387. The van der Waals surface area contributed by atoms with Crippen molar-refractivity contribution >= 4 is 11.9 Å². The van der Waals surface area contributed by atoms with E-state index in [0.29, 0.717) is 41.1 Å². The molecule has 0 fully saturated rings. The first-order valence-corrected chi connectivity index (χ1v) is 12.7. The Morgan fingerprint density at radius 1 is 1.16 bits per heavy atom. The second-order valence-electron chi connectivity index (χ2n) is 9.42. The topological polar surface area (TPSA) is 50.8 Å². The van der Waals surface area contributed by atoms with E-state index >= 15 is 0 Å². The van der Waals surface area contributed by atoms with E-state index in [1.54, 1.807) is 43.6 Å². The van der Waals surface area contributed by atoms with Crippen molar-refractivity contribution in [1.29, 1.82) is 0 Å². The van der Waals surface area contributed by atoms with Gasteiger partial charge in [0.2, 0.25) is 0 Å². The van der Waals surface area contributed by atoms with E-state index in [-0.39, 0.29) is 17.3 Å². The molecule has 0 bridgehead atoms. The largest absolute Gasteiger partial charge is 0.361 e. The van der Waals surface area contributed by atoms with Gasteiger partial charge in [0.1, 0.15) is 17.3 Å². The van der Waals surface area contributed by atoms with E-state index in [4.69, 9.17) is 9.52 Å². The van der Waals surface area contributed by atoms with Crippen molar-refractivity contribution in [3.05, 3.63) is 101 Å². The van der Waals surface area contributed by atoms with Gasteiger partial charge in [0, 0.05) is 54.9 Å². The maximum Gasteiger partial charge on any atom is 0.270 e. The lowest BCUT2D eigenvalue weighted by Crippen LogP contribution is -2.06. The lowest BCUT2D eigenvalue weighted by Gasteiger charge is -2.10. The third kappa shape index (κ3) is 7.88. The minimum atomic E-state index is -2.88. The lowest BCUT2D eigenvalue weighted by atomic mass is 9.98. The summed E-state index contributed by atoms with van der Waals surface area (Å²) in [5.74, 6) is -2.17. The van der Waals surface area contributed by atoms with Crippen molar-refractivity contribution in [3.63, 3.8) is 0 Å². The Balaban J connectivity index is 1.67. The molecular formula is C31H34F3N3O. The van der Waals surface area contributed by atoms with E-state index in [9.17, 15) is 13.2 Å². The fourth-order valence-corrected chi connectivity index (χ4v) is 4.07. The summed E-state index contributed by atoms with van der Waals surface area (Å²) in [6.45, 7) is 9.02. The van der Waals surface area contributed by atoms with Crippen molar-refractivity contribution in [2.24, 2.45) is 15.9 Å². The molecule has 0 aliphatic carbocycles. The summed E-state index contributed by atoms with van der Waals surface area (Å²) in [5.41, 5.74) is 3.77. The lowest BCUT2D eigenvalue weighted by molar-refractivity contribution is 0.0175. The summed E-state index contributed by atoms with van der Waals surface area (Å²) in [5, 5.41) is 4.11. The van der Waals surface area contributed by atoms with Crippen molar-refractivity contribution < 1.29 is 17.7 Å². The molecule has 0 saturated carbocycles. The monoisotopic (exact) mass is 521 g/mol. The van der Waals surface area contributed by atoms with Crippen molar-refractivity contribution in [1.82, 2.24) is 5.16 Å². The standard InChI is InChI=1S/C31H34F3N3O/c1-6-28(26-11-7-8-12-27(26)32)36-29(22(3)20-35-5)13-9-10-21(2)18-25-19-30(37-38-25)23-14-16-24(17-15-23)31(4,33)34/h7-8,11-17,19-21H,3,6,9-10,18H2,1-2,4-5H3/b29-13+,35-20?,36-28?.